The molecule has 16 nitrogen and oxygen atoms in total. The van der Waals surface area contributed by atoms with E-state index < -0.39 is 74.7 Å². The summed E-state index contributed by atoms with van der Waals surface area (Å²) < 4.78 is 39.3. The van der Waals surface area contributed by atoms with E-state index in [1.807, 2.05) is 24.3 Å². The second-order valence-electron chi connectivity index (χ2n) is 16.7. The maximum atomic E-state index is 15.1. The van der Waals surface area contributed by atoms with Crippen LogP contribution in [0.3, 0.4) is 0 Å². The number of carbonyl (C=O) groups is 4. The van der Waals surface area contributed by atoms with Gasteiger partial charge >= 0.3 is 6.09 Å². The number of alkyl carbamates (subject to hydrolysis) is 1. The van der Waals surface area contributed by atoms with Crippen LogP contribution in [0.15, 0.2) is 36.4 Å². The monoisotopic (exact) mass is 822 g/mol. The van der Waals surface area contributed by atoms with E-state index in [2.05, 4.69) is 32.6 Å². The number of tetrazole rings is 1. The lowest BCUT2D eigenvalue weighted by molar-refractivity contribution is -0.143. The van der Waals surface area contributed by atoms with Crippen LogP contribution in [0.5, 0.6) is 5.75 Å². The highest BCUT2D eigenvalue weighted by Crippen LogP contribution is 2.47. The van der Waals surface area contributed by atoms with Crippen LogP contribution in [0, 0.1) is 5.92 Å². The Morgan fingerprint density at radius 2 is 1.74 bits per heavy atom. The number of amides is 4. The van der Waals surface area contributed by atoms with Crippen molar-refractivity contribution in [2.75, 3.05) is 7.11 Å². The molecule has 0 spiro atoms. The van der Waals surface area contributed by atoms with E-state index in [0.29, 0.717) is 55.7 Å². The average Bonchev–Trinajstić information content (AvgIpc) is 3.99. The number of carbonyl (C=O) groups excluding carboxylic acids is 4. The van der Waals surface area contributed by atoms with Crippen molar-refractivity contribution >= 4 is 33.8 Å². The van der Waals surface area contributed by atoms with Crippen molar-refractivity contribution < 1.29 is 37.1 Å². The summed E-state index contributed by atoms with van der Waals surface area (Å²) in [7, 11) is -2.32. The largest absolute Gasteiger partial charge is 0.497 e. The zero-order chi connectivity index (χ0) is 40.9. The van der Waals surface area contributed by atoms with Crippen LogP contribution in [0.1, 0.15) is 129 Å². The summed E-state index contributed by atoms with van der Waals surface area (Å²) in [5, 5.41) is 18.9. The number of ether oxygens (including phenoxy) is 2. The maximum absolute atomic E-state index is 15.1. The van der Waals surface area contributed by atoms with E-state index >= 15 is 4.79 Å². The first-order valence-corrected chi connectivity index (χ1v) is 22.9. The van der Waals surface area contributed by atoms with Crippen LogP contribution in [-0.2, 0) is 29.1 Å². The molecular weight excluding hydrogens is 765 g/mol. The average molecular weight is 823 g/mol. The Morgan fingerprint density at radius 1 is 0.983 bits per heavy atom. The van der Waals surface area contributed by atoms with Crippen LogP contribution in [0.4, 0.5) is 4.79 Å². The molecule has 1 aromatic carbocycles. The number of unbranched alkanes of at least 4 members (excludes halogenated alkanes) is 3. The molecule has 2 aromatic rings. The molecule has 3 aliphatic carbocycles. The number of methoxy groups -OCH3 is 1. The van der Waals surface area contributed by atoms with Crippen molar-refractivity contribution in [3.63, 3.8) is 0 Å². The highest BCUT2D eigenvalue weighted by molar-refractivity contribution is 7.91. The summed E-state index contributed by atoms with van der Waals surface area (Å²) >= 11 is 0. The maximum Gasteiger partial charge on any atom is 0.408 e. The van der Waals surface area contributed by atoms with Gasteiger partial charge in [-0.25, -0.2) is 13.2 Å². The standard InChI is InChI=1S/C41H58N8O8S/c1-3-4-5-11-18-33-34(49-45-36(44-47-49)27-19-21-29(56-2)22-20-27)25-35-37(50)43-41(39(52)46-58(54,55)31-23-24-31)26-28(41)14-9-7-6-8-10-17-32(38(51)48(33)35)42-40(53)57-30-15-12-13-16-30/h9,14,19-22,28,30-35H,3-8,10-13,15-18,23-26H2,1-2H3,(H,42,53)(H,43,50)(H,46,52)/b14-9-/t28?,32?,33-,34+,35?,41?/m0/s1. The first kappa shape index (κ1) is 41.6. The molecule has 4 fully saturated rings. The molecule has 5 aliphatic rings. The quantitative estimate of drug-likeness (QED) is 0.184. The number of fused-ring (bicyclic) bond motifs is 2. The minimum absolute atomic E-state index is 0.103. The van der Waals surface area contributed by atoms with Crippen LogP contribution >= 0.6 is 0 Å². The van der Waals surface area contributed by atoms with Gasteiger partial charge in [0.1, 0.15) is 29.5 Å². The molecule has 316 valence electrons. The second kappa shape index (κ2) is 18.2. The number of benzene rings is 1. The lowest BCUT2D eigenvalue weighted by Gasteiger charge is -2.34. The van der Waals surface area contributed by atoms with Crippen LogP contribution < -0.4 is 20.1 Å². The zero-order valence-electron chi connectivity index (χ0n) is 33.6. The van der Waals surface area contributed by atoms with E-state index in [-0.39, 0.29) is 18.9 Å². The summed E-state index contributed by atoms with van der Waals surface area (Å²) in [6.45, 7) is 2.12. The predicted octanol–water partition coefficient (Wildman–Crippen LogP) is 4.87. The third-order valence-electron chi connectivity index (χ3n) is 12.4. The molecule has 17 heteroatoms. The molecular formula is C41H58N8O8S. The fourth-order valence-corrected chi connectivity index (χ4v) is 10.2. The highest BCUT2D eigenvalue weighted by atomic mass is 32.2. The Balaban J connectivity index is 1.24. The van der Waals surface area contributed by atoms with Crippen molar-refractivity contribution in [1.82, 2.24) is 40.5 Å². The van der Waals surface area contributed by atoms with Gasteiger partial charge in [-0.2, -0.15) is 4.80 Å². The Labute approximate surface area is 340 Å². The minimum atomic E-state index is -3.90. The van der Waals surface area contributed by atoms with Gasteiger partial charge in [0, 0.05) is 17.9 Å². The van der Waals surface area contributed by atoms with E-state index in [1.165, 1.54) is 4.80 Å². The summed E-state index contributed by atoms with van der Waals surface area (Å²) in [5.41, 5.74) is -0.797. The summed E-state index contributed by atoms with van der Waals surface area (Å²) in [6, 6.07) is 4.03. The molecule has 4 unspecified atom stereocenters. The van der Waals surface area contributed by atoms with Crippen molar-refractivity contribution in [1.29, 1.82) is 0 Å². The van der Waals surface area contributed by atoms with Crippen LogP contribution in [-0.4, -0.2) is 99.5 Å². The van der Waals surface area contributed by atoms with Crippen molar-refractivity contribution in [2.24, 2.45) is 5.92 Å². The predicted molar refractivity (Wildman–Crippen MR) is 214 cm³/mol. The number of allylic oxidation sites excluding steroid dienone is 1. The van der Waals surface area contributed by atoms with Gasteiger partial charge < -0.3 is 25.0 Å². The van der Waals surface area contributed by atoms with Gasteiger partial charge in [0.15, 0.2) is 0 Å². The zero-order valence-corrected chi connectivity index (χ0v) is 34.5. The lowest BCUT2D eigenvalue weighted by atomic mass is 10.00. The summed E-state index contributed by atoms with van der Waals surface area (Å²) in [6.07, 6.45) is 15.3. The molecule has 58 heavy (non-hydrogen) atoms. The molecule has 4 amide bonds. The fourth-order valence-electron chi connectivity index (χ4n) is 8.83. The van der Waals surface area contributed by atoms with E-state index in [4.69, 9.17) is 14.6 Å². The SMILES string of the molecule is CCCCCC[C@H]1[C@H](n2nnc(-c3ccc(OC)cc3)n2)CC2C(=O)NC3(C(=O)NS(=O)(=O)C4CC4)CC3/C=C\CCCCCC(NC(=O)OC3CCCC3)C(=O)N21. The normalized spacial score (nSPS) is 28.7. The molecule has 1 aromatic heterocycles. The van der Waals surface area contributed by atoms with Crippen LogP contribution in [0.25, 0.3) is 11.4 Å². The van der Waals surface area contributed by atoms with Gasteiger partial charge in [-0.05, 0) is 100 Å². The van der Waals surface area contributed by atoms with E-state index in [0.717, 1.165) is 64.2 Å². The fraction of sp³-hybridized carbons (Fsp3) is 0.683. The Kier molecular flexibility index (Phi) is 13.0. The topological polar surface area (TPSA) is 204 Å². The molecule has 3 heterocycles. The van der Waals surface area contributed by atoms with Gasteiger partial charge in [-0.15, -0.1) is 10.2 Å². The minimum Gasteiger partial charge on any atom is -0.497 e. The lowest BCUT2D eigenvalue weighted by Crippen LogP contribution is -2.59. The van der Waals surface area contributed by atoms with Crippen LogP contribution in [0.2, 0.25) is 0 Å². The number of nitrogens with one attached hydrogen (secondary N) is 3. The van der Waals surface area contributed by atoms with Crippen molar-refractivity contribution in [3.05, 3.63) is 36.4 Å². The van der Waals surface area contributed by atoms with Gasteiger partial charge in [-0.1, -0.05) is 57.6 Å². The first-order chi connectivity index (χ1) is 28.0. The Bertz CT molecular complexity index is 1930. The number of hydrogen-bond acceptors (Lipinski definition) is 11. The molecule has 0 radical (unpaired) electrons. The molecule has 6 atom stereocenters. The third kappa shape index (κ3) is 9.50. The molecule has 3 saturated carbocycles. The smallest absolute Gasteiger partial charge is 0.408 e. The molecule has 7 rings (SSSR count). The van der Waals surface area contributed by atoms with E-state index in [1.54, 1.807) is 24.1 Å². The number of rotatable bonds is 13. The molecule has 2 aliphatic heterocycles. The third-order valence-corrected chi connectivity index (χ3v) is 14.3. The van der Waals surface area contributed by atoms with Crippen molar-refractivity contribution in [2.45, 2.75) is 164 Å². The van der Waals surface area contributed by atoms with Gasteiger partial charge in [0.25, 0.3) is 5.91 Å². The van der Waals surface area contributed by atoms with Gasteiger partial charge in [-0.3, -0.25) is 19.1 Å². The summed E-state index contributed by atoms with van der Waals surface area (Å²) in [5.74, 6) is -1.16. The first-order valence-electron chi connectivity index (χ1n) is 21.3. The molecule has 3 N–H and O–H groups in total. The van der Waals surface area contributed by atoms with Gasteiger partial charge in [0.2, 0.25) is 27.7 Å². The number of aromatic nitrogens is 4. The van der Waals surface area contributed by atoms with E-state index in [9.17, 15) is 22.8 Å². The Morgan fingerprint density at radius 3 is 2.47 bits per heavy atom. The number of nitrogens with zero attached hydrogens (tertiary/aromatic N) is 5. The molecule has 0 bridgehead atoms. The number of hydrogen-bond donors (Lipinski definition) is 3. The Hall–Kier alpha value is -4.54. The van der Waals surface area contributed by atoms with Gasteiger partial charge in [0.05, 0.1) is 24.4 Å². The summed E-state index contributed by atoms with van der Waals surface area (Å²) in [4.78, 5) is 60.4. The molecule has 1 saturated heterocycles. The highest BCUT2D eigenvalue weighted by Gasteiger charge is 2.62. The van der Waals surface area contributed by atoms with Crippen molar-refractivity contribution in [3.8, 4) is 17.1 Å². The number of sulfonamides is 1. The second-order valence-corrected chi connectivity index (χ2v) is 18.6.